The lowest BCUT2D eigenvalue weighted by molar-refractivity contribution is -0.140. The molecule has 3 unspecified atom stereocenters. The van der Waals surface area contributed by atoms with Crippen molar-refractivity contribution in [3.63, 3.8) is 0 Å². The Labute approximate surface area is 175 Å². The Morgan fingerprint density at radius 1 is 1.36 bits per heavy atom. The normalized spacial score (nSPS) is 25.8. The van der Waals surface area contributed by atoms with Crippen molar-refractivity contribution in [1.29, 1.82) is 0 Å². The van der Waals surface area contributed by atoms with E-state index in [1.165, 1.54) is 4.90 Å². The first-order chi connectivity index (χ1) is 13.2. The number of hydrogen-bond donors (Lipinski definition) is 1. The minimum atomic E-state index is -0.862. The molecule has 3 rings (SSSR count). The second-order valence-corrected chi connectivity index (χ2v) is 8.63. The molecule has 0 aromatic heterocycles. The molecule has 6 nitrogen and oxygen atoms in total. The maximum absolute atomic E-state index is 13.0. The highest BCUT2D eigenvalue weighted by Gasteiger charge is 2.55. The van der Waals surface area contributed by atoms with Gasteiger partial charge in [0, 0.05) is 17.1 Å². The van der Waals surface area contributed by atoms with Gasteiger partial charge in [-0.15, -0.1) is 0 Å². The molecule has 1 aliphatic carbocycles. The van der Waals surface area contributed by atoms with Gasteiger partial charge in [0.15, 0.2) is 0 Å². The number of rotatable bonds is 4. The van der Waals surface area contributed by atoms with E-state index in [2.05, 4.69) is 5.32 Å². The quantitative estimate of drug-likeness (QED) is 0.740. The number of urea groups is 1. The Morgan fingerprint density at radius 3 is 2.71 bits per heavy atom. The third kappa shape index (κ3) is 3.60. The fourth-order valence-electron chi connectivity index (χ4n) is 4.15. The van der Waals surface area contributed by atoms with E-state index >= 15 is 0 Å². The number of carbonyl (C=O) groups is 3. The van der Waals surface area contributed by atoms with Crippen LogP contribution in [0.1, 0.15) is 51.1 Å². The first kappa shape index (κ1) is 20.9. The molecular weight excluding hydrogens is 401 g/mol. The van der Waals surface area contributed by atoms with Crippen LogP contribution in [0.4, 0.5) is 4.79 Å². The van der Waals surface area contributed by atoms with E-state index in [0.29, 0.717) is 16.5 Å². The number of amides is 4. The predicted molar refractivity (Wildman–Crippen MR) is 108 cm³/mol. The van der Waals surface area contributed by atoms with Crippen molar-refractivity contribution >= 4 is 41.0 Å². The van der Waals surface area contributed by atoms with E-state index in [1.54, 1.807) is 25.2 Å². The van der Waals surface area contributed by atoms with Crippen LogP contribution in [0, 0.1) is 5.92 Å². The average molecular weight is 426 g/mol. The average Bonchev–Trinajstić information content (AvgIpc) is 2.88. The maximum Gasteiger partial charge on any atom is 0.325 e. The van der Waals surface area contributed by atoms with E-state index in [-0.39, 0.29) is 30.3 Å². The van der Waals surface area contributed by atoms with Crippen molar-refractivity contribution < 1.29 is 14.4 Å². The van der Waals surface area contributed by atoms with Crippen molar-refractivity contribution in [2.75, 3.05) is 13.6 Å². The number of benzene rings is 1. The van der Waals surface area contributed by atoms with Crippen molar-refractivity contribution in [2.45, 2.75) is 51.1 Å². The monoisotopic (exact) mass is 425 g/mol. The van der Waals surface area contributed by atoms with Gasteiger partial charge in [0.2, 0.25) is 5.91 Å². The summed E-state index contributed by atoms with van der Waals surface area (Å²) in [5.41, 5.74) is -0.115. The first-order valence-electron chi connectivity index (χ1n) is 9.52. The highest BCUT2D eigenvalue weighted by molar-refractivity contribution is 6.35. The number of hydrogen-bond acceptors (Lipinski definition) is 3. The second-order valence-electron chi connectivity index (χ2n) is 7.79. The lowest BCUT2D eigenvalue weighted by Crippen LogP contribution is -2.54. The SMILES string of the molecule is CC(c1ccc(Cl)cc1Cl)N(C)C(=O)CN1C(=O)NC2(CCCCC2C)C1=O. The molecule has 3 atom stereocenters. The Bertz CT molecular complexity index is 816. The van der Waals surface area contributed by atoms with Gasteiger partial charge in [-0.3, -0.25) is 14.5 Å². The topological polar surface area (TPSA) is 69.7 Å². The molecule has 8 heteroatoms. The van der Waals surface area contributed by atoms with Crippen molar-refractivity contribution in [2.24, 2.45) is 5.92 Å². The summed E-state index contributed by atoms with van der Waals surface area (Å²) in [6.45, 7) is 3.54. The van der Waals surface area contributed by atoms with Gasteiger partial charge in [-0.05, 0) is 43.4 Å². The van der Waals surface area contributed by atoms with Crippen LogP contribution in [0.3, 0.4) is 0 Å². The highest BCUT2D eigenvalue weighted by Crippen LogP contribution is 2.38. The predicted octanol–water partition coefficient (Wildman–Crippen LogP) is 4.01. The Morgan fingerprint density at radius 2 is 2.07 bits per heavy atom. The fourth-order valence-corrected chi connectivity index (χ4v) is 4.72. The van der Waals surface area contributed by atoms with Crippen LogP contribution in [0.5, 0.6) is 0 Å². The zero-order valence-corrected chi connectivity index (χ0v) is 17.8. The Kier molecular flexibility index (Phi) is 5.92. The van der Waals surface area contributed by atoms with Crippen LogP contribution in [0.15, 0.2) is 18.2 Å². The number of halogens is 2. The van der Waals surface area contributed by atoms with Gasteiger partial charge in [0.05, 0.1) is 6.04 Å². The van der Waals surface area contributed by atoms with Crippen LogP contribution in [-0.4, -0.2) is 46.8 Å². The molecule has 152 valence electrons. The second kappa shape index (κ2) is 7.91. The van der Waals surface area contributed by atoms with Gasteiger partial charge in [-0.2, -0.15) is 0 Å². The van der Waals surface area contributed by atoms with Crippen LogP contribution in [-0.2, 0) is 9.59 Å². The molecule has 28 heavy (non-hydrogen) atoms. The molecule has 0 bridgehead atoms. The summed E-state index contributed by atoms with van der Waals surface area (Å²) < 4.78 is 0. The minimum Gasteiger partial charge on any atom is -0.337 e. The third-order valence-corrected chi connectivity index (χ3v) is 6.74. The van der Waals surface area contributed by atoms with Gasteiger partial charge in [-0.25, -0.2) is 4.79 Å². The van der Waals surface area contributed by atoms with Crippen molar-refractivity contribution in [3.8, 4) is 0 Å². The van der Waals surface area contributed by atoms with E-state index in [0.717, 1.165) is 29.7 Å². The van der Waals surface area contributed by atoms with E-state index in [1.807, 2.05) is 13.8 Å². The van der Waals surface area contributed by atoms with E-state index < -0.39 is 11.6 Å². The molecule has 0 radical (unpaired) electrons. The summed E-state index contributed by atoms with van der Waals surface area (Å²) in [5.74, 6) is -0.562. The summed E-state index contributed by atoms with van der Waals surface area (Å²) in [5, 5.41) is 3.85. The maximum atomic E-state index is 13.0. The minimum absolute atomic E-state index is 0.0577. The molecule has 1 spiro atoms. The Balaban J connectivity index is 1.73. The van der Waals surface area contributed by atoms with Gasteiger partial charge in [0.1, 0.15) is 12.1 Å². The molecule has 1 aromatic rings. The lowest BCUT2D eigenvalue weighted by Gasteiger charge is -2.37. The van der Waals surface area contributed by atoms with Crippen LogP contribution in [0.25, 0.3) is 0 Å². The third-order valence-electron chi connectivity index (χ3n) is 6.18. The van der Waals surface area contributed by atoms with Crippen LogP contribution >= 0.6 is 23.2 Å². The Hall–Kier alpha value is -1.79. The smallest absolute Gasteiger partial charge is 0.325 e. The molecule has 1 N–H and O–H groups in total. The number of carbonyl (C=O) groups excluding carboxylic acids is 3. The zero-order valence-electron chi connectivity index (χ0n) is 16.3. The highest BCUT2D eigenvalue weighted by atomic mass is 35.5. The molecule has 1 aliphatic heterocycles. The summed E-state index contributed by atoms with van der Waals surface area (Å²) in [4.78, 5) is 40.9. The molecule has 1 saturated carbocycles. The number of nitrogens with one attached hydrogen (secondary N) is 1. The molecule has 1 saturated heterocycles. The van der Waals surface area contributed by atoms with Gasteiger partial charge in [-0.1, -0.05) is 49.0 Å². The van der Waals surface area contributed by atoms with Crippen molar-refractivity contribution in [1.82, 2.24) is 15.1 Å². The standard InChI is InChI=1S/C20H25Cl2N3O3/c1-12-6-4-5-9-20(12)18(27)25(19(28)23-20)11-17(26)24(3)13(2)15-8-7-14(21)10-16(15)22/h7-8,10,12-13H,4-6,9,11H2,1-3H3,(H,23,28). The number of likely N-dealkylation sites (N-methyl/N-ethyl adjacent to an activating group) is 1. The largest absolute Gasteiger partial charge is 0.337 e. The lowest BCUT2D eigenvalue weighted by atomic mass is 9.73. The summed E-state index contributed by atoms with van der Waals surface area (Å²) in [6.07, 6.45) is 3.45. The van der Waals surface area contributed by atoms with Crippen LogP contribution < -0.4 is 5.32 Å². The van der Waals surface area contributed by atoms with Crippen LogP contribution in [0.2, 0.25) is 10.0 Å². The first-order valence-corrected chi connectivity index (χ1v) is 10.3. The van der Waals surface area contributed by atoms with E-state index in [4.69, 9.17) is 23.2 Å². The number of imide groups is 1. The molecule has 2 fully saturated rings. The van der Waals surface area contributed by atoms with Gasteiger partial charge in [0.25, 0.3) is 5.91 Å². The number of nitrogens with zero attached hydrogens (tertiary/aromatic N) is 2. The molecule has 4 amide bonds. The molecule has 2 aliphatic rings. The van der Waals surface area contributed by atoms with Crippen molar-refractivity contribution in [3.05, 3.63) is 33.8 Å². The summed E-state index contributed by atoms with van der Waals surface area (Å²) >= 11 is 12.2. The molecular formula is C20H25Cl2N3O3. The zero-order chi connectivity index (χ0) is 20.6. The van der Waals surface area contributed by atoms with Gasteiger partial charge < -0.3 is 10.2 Å². The summed E-state index contributed by atoms with van der Waals surface area (Å²) in [6, 6.07) is 4.28. The molecule has 1 heterocycles. The molecule has 1 aromatic carbocycles. The van der Waals surface area contributed by atoms with E-state index in [9.17, 15) is 14.4 Å². The van der Waals surface area contributed by atoms with Gasteiger partial charge >= 0.3 is 6.03 Å². The fraction of sp³-hybridized carbons (Fsp3) is 0.550. The summed E-state index contributed by atoms with van der Waals surface area (Å²) in [7, 11) is 1.63.